The molecule has 2 fully saturated rings. The van der Waals surface area contributed by atoms with Crippen molar-refractivity contribution >= 4 is 46.6 Å². The van der Waals surface area contributed by atoms with Crippen molar-refractivity contribution in [2.75, 3.05) is 11.5 Å². The van der Waals surface area contributed by atoms with E-state index in [-0.39, 0.29) is 29.0 Å². The number of carbonyl (C=O) groups excluding carboxylic acids is 5. The third kappa shape index (κ3) is 3.23. The van der Waals surface area contributed by atoms with Gasteiger partial charge in [0.2, 0.25) is 29.0 Å². The quantitative estimate of drug-likeness (QED) is 0.283. The predicted octanol–water partition coefficient (Wildman–Crippen LogP) is 4.21. The molecule has 38 heavy (non-hydrogen) atoms. The van der Waals surface area contributed by atoms with Gasteiger partial charge in [0.15, 0.2) is 0 Å². The van der Waals surface area contributed by atoms with Gasteiger partial charge >= 0.3 is 5.97 Å². The van der Waals surface area contributed by atoms with Gasteiger partial charge in [-0.15, -0.1) is 0 Å². The maximum atomic E-state index is 14.0. The van der Waals surface area contributed by atoms with Gasteiger partial charge in [0.25, 0.3) is 0 Å². The summed E-state index contributed by atoms with van der Waals surface area (Å²) in [5, 5.41) is 0.454. The van der Waals surface area contributed by atoms with Crippen molar-refractivity contribution in [3.63, 3.8) is 0 Å². The van der Waals surface area contributed by atoms with Crippen LogP contribution in [0.2, 0.25) is 5.02 Å². The van der Waals surface area contributed by atoms with Gasteiger partial charge in [0, 0.05) is 16.1 Å². The lowest BCUT2D eigenvalue weighted by atomic mass is 9.77. The lowest BCUT2D eigenvalue weighted by Gasteiger charge is -2.27. The standard InChI is InChI=1S/C29H20ClNO7/c1-2-37-28(36)16-9-13-18(14-10-16)31-26(34)21-22(27(31)35)29(38-23(21)15-7-11-17(30)12-8-15)24(32)19-5-3-4-6-20(19)25(29)33/h3-14,21-23H,2H2,1H3/t21-,22+,23+/m0/s1. The fraction of sp³-hybridized carbons (Fsp3) is 0.207. The SMILES string of the molecule is CCOC(=O)c1ccc(N2C(=O)[C@@H]3[C@@H](c4ccc(Cl)cc4)OC4(C(=O)c5ccccc5C4=O)[C@H]3C2=O)cc1. The second kappa shape index (κ2) is 8.72. The molecule has 190 valence electrons. The van der Waals surface area contributed by atoms with Crippen LogP contribution in [-0.4, -0.2) is 41.6 Å². The zero-order valence-electron chi connectivity index (χ0n) is 20.1. The number of ether oxygens (including phenoxy) is 2. The summed E-state index contributed by atoms with van der Waals surface area (Å²) < 4.78 is 11.2. The predicted molar refractivity (Wildman–Crippen MR) is 135 cm³/mol. The summed E-state index contributed by atoms with van der Waals surface area (Å²) in [5.41, 5.74) is -0.868. The van der Waals surface area contributed by atoms with Crippen LogP contribution in [0, 0.1) is 11.8 Å². The van der Waals surface area contributed by atoms with Crippen molar-refractivity contribution in [2.24, 2.45) is 11.8 Å². The summed E-state index contributed by atoms with van der Waals surface area (Å²) in [5.74, 6) is -5.61. The first-order chi connectivity index (χ1) is 18.3. The number of nitrogens with zero attached hydrogens (tertiary/aromatic N) is 1. The molecular formula is C29H20ClNO7. The van der Waals surface area contributed by atoms with Crippen LogP contribution in [0.15, 0.2) is 72.8 Å². The summed E-state index contributed by atoms with van der Waals surface area (Å²) >= 11 is 6.06. The van der Waals surface area contributed by atoms with E-state index in [1.165, 1.54) is 36.4 Å². The van der Waals surface area contributed by atoms with Gasteiger partial charge in [0.1, 0.15) is 0 Å². The Hall–Kier alpha value is -4.14. The molecule has 0 unspecified atom stereocenters. The number of carbonyl (C=O) groups is 5. The van der Waals surface area contributed by atoms with Crippen LogP contribution in [0.4, 0.5) is 5.69 Å². The van der Waals surface area contributed by atoms with Gasteiger partial charge in [-0.05, 0) is 48.9 Å². The minimum Gasteiger partial charge on any atom is -0.462 e. The second-order valence-electron chi connectivity index (χ2n) is 9.31. The van der Waals surface area contributed by atoms with Gasteiger partial charge in [0.05, 0.1) is 35.8 Å². The summed E-state index contributed by atoms with van der Waals surface area (Å²) in [6.45, 7) is 1.89. The van der Waals surface area contributed by atoms with Crippen LogP contribution in [0.3, 0.4) is 0 Å². The van der Waals surface area contributed by atoms with Crippen molar-refractivity contribution in [2.45, 2.75) is 18.6 Å². The molecule has 2 amide bonds. The van der Waals surface area contributed by atoms with E-state index in [0.29, 0.717) is 10.6 Å². The lowest BCUT2D eigenvalue weighted by Crippen LogP contribution is -2.51. The molecule has 3 aromatic carbocycles. The molecule has 0 saturated carbocycles. The number of Topliss-reactive ketones (excluding diaryl/α,β-unsaturated/α-hetero) is 2. The normalized spacial score (nSPS) is 23.2. The molecule has 1 aliphatic carbocycles. The summed E-state index contributed by atoms with van der Waals surface area (Å²) in [6.07, 6.45) is -1.04. The van der Waals surface area contributed by atoms with Gasteiger partial charge in [-0.3, -0.25) is 19.2 Å². The summed E-state index contributed by atoms with van der Waals surface area (Å²) in [4.78, 5) is 68.4. The number of imide groups is 1. The topological polar surface area (TPSA) is 107 Å². The molecule has 3 atom stereocenters. The number of fused-ring (bicyclic) bond motifs is 3. The Labute approximate surface area is 222 Å². The zero-order chi connectivity index (χ0) is 26.8. The molecule has 2 heterocycles. The van der Waals surface area contributed by atoms with E-state index in [9.17, 15) is 24.0 Å². The minimum absolute atomic E-state index is 0.158. The Morgan fingerprint density at radius 1 is 0.895 bits per heavy atom. The fourth-order valence-corrected chi connectivity index (χ4v) is 5.81. The Bertz CT molecular complexity index is 1490. The van der Waals surface area contributed by atoms with E-state index in [4.69, 9.17) is 21.1 Å². The highest BCUT2D eigenvalue weighted by Crippen LogP contribution is 2.57. The van der Waals surface area contributed by atoms with Crippen molar-refractivity contribution < 1.29 is 33.4 Å². The number of esters is 1. The largest absolute Gasteiger partial charge is 0.462 e. The average Bonchev–Trinajstić information content (AvgIpc) is 3.49. The van der Waals surface area contributed by atoms with Crippen LogP contribution in [0.25, 0.3) is 0 Å². The van der Waals surface area contributed by atoms with Gasteiger partial charge in [-0.25, -0.2) is 9.69 Å². The summed E-state index contributed by atoms with van der Waals surface area (Å²) in [6, 6.07) is 18.6. The minimum atomic E-state index is -2.16. The summed E-state index contributed by atoms with van der Waals surface area (Å²) in [7, 11) is 0. The van der Waals surface area contributed by atoms with Crippen LogP contribution in [-0.2, 0) is 19.1 Å². The molecule has 1 spiro atoms. The first-order valence-electron chi connectivity index (χ1n) is 12.1. The number of ketones is 2. The van der Waals surface area contributed by atoms with E-state index in [1.54, 1.807) is 43.3 Å². The maximum absolute atomic E-state index is 14.0. The first-order valence-corrected chi connectivity index (χ1v) is 12.4. The van der Waals surface area contributed by atoms with E-state index in [2.05, 4.69) is 0 Å². The molecule has 0 bridgehead atoms. The molecule has 8 nitrogen and oxygen atoms in total. The van der Waals surface area contributed by atoms with Gasteiger partial charge in [-0.1, -0.05) is 48.0 Å². The zero-order valence-corrected chi connectivity index (χ0v) is 20.8. The number of hydrogen-bond acceptors (Lipinski definition) is 7. The second-order valence-corrected chi connectivity index (χ2v) is 9.75. The number of anilines is 1. The highest BCUT2D eigenvalue weighted by molar-refractivity contribution is 6.37. The van der Waals surface area contributed by atoms with Crippen molar-refractivity contribution in [3.05, 3.63) is 100 Å². The van der Waals surface area contributed by atoms with Crippen LogP contribution in [0.5, 0.6) is 0 Å². The molecular weight excluding hydrogens is 510 g/mol. The molecule has 2 aliphatic heterocycles. The molecule has 9 heteroatoms. The number of amides is 2. The van der Waals surface area contributed by atoms with E-state index in [1.807, 2.05) is 0 Å². The van der Waals surface area contributed by atoms with Crippen LogP contribution < -0.4 is 4.90 Å². The highest BCUT2D eigenvalue weighted by Gasteiger charge is 2.74. The lowest BCUT2D eigenvalue weighted by molar-refractivity contribution is -0.127. The average molecular weight is 530 g/mol. The molecule has 6 rings (SSSR count). The Morgan fingerprint density at radius 2 is 1.50 bits per heavy atom. The van der Waals surface area contributed by atoms with E-state index < -0.39 is 52.9 Å². The molecule has 0 radical (unpaired) electrons. The van der Waals surface area contributed by atoms with Crippen LogP contribution in [0.1, 0.15) is 49.7 Å². The highest BCUT2D eigenvalue weighted by atomic mass is 35.5. The molecule has 0 aromatic heterocycles. The van der Waals surface area contributed by atoms with Crippen molar-refractivity contribution in [3.8, 4) is 0 Å². The molecule has 0 N–H and O–H groups in total. The van der Waals surface area contributed by atoms with E-state index >= 15 is 0 Å². The van der Waals surface area contributed by atoms with Crippen LogP contribution >= 0.6 is 11.6 Å². The number of benzene rings is 3. The third-order valence-corrected chi connectivity index (χ3v) is 7.61. The number of hydrogen-bond donors (Lipinski definition) is 0. The maximum Gasteiger partial charge on any atom is 0.338 e. The van der Waals surface area contributed by atoms with E-state index in [0.717, 1.165) is 4.90 Å². The van der Waals surface area contributed by atoms with Crippen molar-refractivity contribution in [1.29, 1.82) is 0 Å². The van der Waals surface area contributed by atoms with Gasteiger partial charge < -0.3 is 9.47 Å². The fourth-order valence-electron chi connectivity index (χ4n) is 5.69. The molecule has 3 aromatic rings. The molecule has 2 saturated heterocycles. The number of halogens is 1. The first kappa shape index (κ1) is 24.2. The number of rotatable bonds is 4. The van der Waals surface area contributed by atoms with Gasteiger partial charge in [-0.2, -0.15) is 0 Å². The Kier molecular flexibility index (Phi) is 5.55. The monoisotopic (exact) mass is 529 g/mol. The Balaban J connectivity index is 1.46. The Morgan fingerprint density at radius 3 is 2.08 bits per heavy atom. The molecule has 3 aliphatic rings. The third-order valence-electron chi connectivity index (χ3n) is 7.35. The van der Waals surface area contributed by atoms with Crippen molar-refractivity contribution in [1.82, 2.24) is 0 Å². The smallest absolute Gasteiger partial charge is 0.338 e.